The Morgan fingerprint density at radius 1 is 1.50 bits per heavy atom. The lowest BCUT2D eigenvalue weighted by Gasteiger charge is -2.27. The highest BCUT2D eigenvalue weighted by Gasteiger charge is 2.19. The van der Waals surface area contributed by atoms with Crippen molar-refractivity contribution >= 4 is 18.3 Å². The number of hydrogen-bond donors (Lipinski definition) is 2. The predicted molar refractivity (Wildman–Crippen MR) is 55.6 cm³/mol. The number of halogens is 1. The lowest BCUT2D eigenvalue weighted by molar-refractivity contribution is 0.0919. The smallest absolute Gasteiger partial charge is 0.270 e. The van der Waals surface area contributed by atoms with Crippen molar-refractivity contribution in [1.29, 1.82) is 0 Å². The molecule has 1 aliphatic heterocycles. The highest BCUT2D eigenvalue weighted by atomic mass is 35.5. The van der Waals surface area contributed by atoms with Crippen LogP contribution < -0.4 is 10.6 Å². The Balaban J connectivity index is 0.000000980. The highest BCUT2D eigenvalue weighted by molar-refractivity contribution is 5.92. The number of rotatable bonds is 2. The summed E-state index contributed by atoms with van der Waals surface area (Å²) in [6.07, 6.45) is 1.62. The molecule has 5 heteroatoms. The second kappa shape index (κ2) is 4.93. The molecule has 0 unspecified atom stereocenters. The molecule has 2 N–H and O–H groups in total. The average molecular weight is 214 g/mol. The number of nitrogens with one attached hydrogen (secondary N) is 2. The Kier molecular flexibility index (Phi) is 3.85. The van der Waals surface area contributed by atoms with E-state index in [2.05, 4.69) is 15.6 Å². The normalized spacial score (nSPS) is 15.1. The molecule has 76 valence electrons. The van der Waals surface area contributed by atoms with Crippen LogP contribution in [0.1, 0.15) is 10.5 Å². The minimum absolute atomic E-state index is 0. The van der Waals surface area contributed by atoms with Crippen LogP contribution >= 0.6 is 12.4 Å². The first-order valence-electron chi connectivity index (χ1n) is 4.29. The van der Waals surface area contributed by atoms with E-state index in [9.17, 15) is 4.79 Å². The summed E-state index contributed by atoms with van der Waals surface area (Å²) < 4.78 is 0. The maximum Gasteiger partial charge on any atom is 0.270 e. The van der Waals surface area contributed by atoms with E-state index in [0.29, 0.717) is 5.69 Å². The summed E-state index contributed by atoms with van der Waals surface area (Å²) in [5, 5.41) is 5.95. The summed E-state index contributed by atoms with van der Waals surface area (Å²) in [6, 6.07) is 5.58. The van der Waals surface area contributed by atoms with E-state index in [-0.39, 0.29) is 24.4 Å². The van der Waals surface area contributed by atoms with Gasteiger partial charge in [-0.1, -0.05) is 6.07 Å². The molecule has 1 amide bonds. The van der Waals surface area contributed by atoms with Gasteiger partial charge in [-0.3, -0.25) is 9.78 Å². The van der Waals surface area contributed by atoms with Gasteiger partial charge in [0.05, 0.1) is 6.04 Å². The minimum Gasteiger partial charge on any atom is -0.345 e. The summed E-state index contributed by atoms with van der Waals surface area (Å²) >= 11 is 0. The zero-order chi connectivity index (χ0) is 9.10. The summed E-state index contributed by atoms with van der Waals surface area (Å²) in [4.78, 5) is 15.4. The fraction of sp³-hybridized carbons (Fsp3) is 0.333. The molecule has 4 nitrogen and oxygen atoms in total. The van der Waals surface area contributed by atoms with Gasteiger partial charge in [0.1, 0.15) is 5.69 Å². The van der Waals surface area contributed by atoms with Crippen LogP contribution in [-0.2, 0) is 0 Å². The van der Waals surface area contributed by atoms with E-state index in [1.54, 1.807) is 24.4 Å². The van der Waals surface area contributed by atoms with Crippen molar-refractivity contribution in [1.82, 2.24) is 15.6 Å². The minimum atomic E-state index is -0.0906. The van der Waals surface area contributed by atoms with Gasteiger partial charge in [0.2, 0.25) is 0 Å². The number of hydrogen-bond acceptors (Lipinski definition) is 3. The Morgan fingerprint density at radius 2 is 2.29 bits per heavy atom. The van der Waals surface area contributed by atoms with Crippen molar-refractivity contribution in [2.75, 3.05) is 13.1 Å². The van der Waals surface area contributed by atoms with Crippen LogP contribution in [0.25, 0.3) is 0 Å². The predicted octanol–water partition coefficient (Wildman–Crippen LogP) is 0.205. The van der Waals surface area contributed by atoms with Crippen LogP contribution in [0.2, 0.25) is 0 Å². The topological polar surface area (TPSA) is 54.0 Å². The third-order valence-corrected chi connectivity index (χ3v) is 2.01. The number of aromatic nitrogens is 1. The molecule has 1 saturated heterocycles. The summed E-state index contributed by atoms with van der Waals surface area (Å²) in [5.41, 5.74) is 0.481. The first-order chi connectivity index (χ1) is 6.36. The first kappa shape index (κ1) is 10.9. The molecule has 0 saturated carbocycles. The molecule has 2 rings (SSSR count). The molecule has 14 heavy (non-hydrogen) atoms. The van der Waals surface area contributed by atoms with E-state index in [1.807, 2.05) is 0 Å². The van der Waals surface area contributed by atoms with Crippen LogP contribution in [-0.4, -0.2) is 30.0 Å². The summed E-state index contributed by atoms with van der Waals surface area (Å²) in [6.45, 7) is 1.72. The lowest BCUT2D eigenvalue weighted by atomic mass is 10.2. The van der Waals surface area contributed by atoms with Crippen molar-refractivity contribution < 1.29 is 4.79 Å². The van der Waals surface area contributed by atoms with Gasteiger partial charge < -0.3 is 10.6 Å². The quantitative estimate of drug-likeness (QED) is 0.738. The van der Waals surface area contributed by atoms with Gasteiger partial charge >= 0.3 is 0 Å². The number of amides is 1. The molecule has 1 aromatic heterocycles. The largest absolute Gasteiger partial charge is 0.345 e. The van der Waals surface area contributed by atoms with Gasteiger partial charge in [-0.25, -0.2) is 0 Å². The fourth-order valence-electron chi connectivity index (χ4n) is 1.15. The molecule has 1 fully saturated rings. The summed E-state index contributed by atoms with van der Waals surface area (Å²) in [5.74, 6) is -0.0906. The lowest BCUT2D eigenvalue weighted by Crippen LogP contribution is -2.57. The molecule has 2 heterocycles. The van der Waals surface area contributed by atoms with Gasteiger partial charge in [-0.05, 0) is 12.1 Å². The Labute approximate surface area is 88.5 Å². The van der Waals surface area contributed by atoms with E-state index in [0.717, 1.165) is 13.1 Å². The molecule has 0 aliphatic carbocycles. The van der Waals surface area contributed by atoms with Gasteiger partial charge in [0.15, 0.2) is 0 Å². The molecule has 0 spiro atoms. The highest BCUT2D eigenvalue weighted by Crippen LogP contribution is 1.96. The standard InChI is InChI=1S/C9H11N3O.ClH/c13-9(12-7-5-10-6-7)8-3-1-2-4-11-8;/h1-4,7,10H,5-6H2,(H,12,13);1H. The SMILES string of the molecule is Cl.O=C(NC1CNC1)c1ccccn1. The van der Waals surface area contributed by atoms with Gasteiger partial charge in [-0.15, -0.1) is 12.4 Å². The molecule has 1 aliphatic rings. The van der Waals surface area contributed by atoms with Crippen molar-refractivity contribution in [3.8, 4) is 0 Å². The van der Waals surface area contributed by atoms with Crippen molar-refractivity contribution in [3.63, 3.8) is 0 Å². The van der Waals surface area contributed by atoms with Crippen LogP contribution in [0.5, 0.6) is 0 Å². The fourth-order valence-corrected chi connectivity index (χ4v) is 1.15. The Bertz CT molecular complexity index is 300. The zero-order valence-electron chi connectivity index (χ0n) is 7.56. The van der Waals surface area contributed by atoms with Crippen LogP contribution in [0.4, 0.5) is 0 Å². The van der Waals surface area contributed by atoms with Crippen molar-refractivity contribution in [2.45, 2.75) is 6.04 Å². The number of nitrogens with zero attached hydrogens (tertiary/aromatic N) is 1. The molecular formula is C9H12ClN3O. The maximum absolute atomic E-state index is 11.4. The number of carbonyl (C=O) groups excluding carboxylic acids is 1. The molecular weight excluding hydrogens is 202 g/mol. The number of pyridine rings is 1. The molecule has 0 aromatic carbocycles. The Hall–Kier alpha value is -1.13. The van der Waals surface area contributed by atoms with Gasteiger partial charge in [0.25, 0.3) is 5.91 Å². The maximum atomic E-state index is 11.4. The van der Waals surface area contributed by atoms with Gasteiger partial charge in [-0.2, -0.15) is 0 Å². The van der Waals surface area contributed by atoms with Crippen LogP contribution in [0.15, 0.2) is 24.4 Å². The second-order valence-electron chi connectivity index (χ2n) is 3.04. The monoisotopic (exact) mass is 213 g/mol. The van der Waals surface area contributed by atoms with E-state index >= 15 is 0 Å². The second-order valence-corrected chi connectivity index (χ2v) is 3.04. The van der Waals surface area contributed by atoms with Crippen LogP contribution in [0.3, 0.4) is 0 Å². The van der Waals surface area contributed by atoms with E-state index < -0.39 is 0 Å². The Morgan fingerprint density at radius 3 is 2.79 bits per heavy atom. The third kappa shape index (κ3) is 2.43. The zero-order valence-corrected chi connectivity index (χ0v) is 8.38. The molecule has 0 radical (unpaired) electrons. The first-order valence-corrected chi connectivity index (χ1v) is 4.29. The third-order valence-electron chi connectivity index (χ3n) is 2.01. The molecule has 0 atom stereocenters. The molecule has 0 bridgehead atoms. The van der Waals surface area contributed by atoms with Crippen molar-refractivity contribution in [2.24, 2.45) is 0 Å². The van der Waals surface area contributed by atoms with E-state index in [4.69, 9.17) is 0 Å². The summed E-state index contributed by atoms with van der Waals surface area (Å²) in [7, 11) is 0. The van der Waals surface area contributed by atoms with E-state index in [1.165, 1.54) is 0 Å². The van der Waals surface area contributed by atoms with Gasteiger partial charge in [0, 0.05) is 19.3 Å². The van der Waals surface area contributed by atoms with Crippen molar-refractivity contribution in [3.05, 3.63) is 30.1 Å². The molecule has 1 aromatic rings. The number of carbonyl (C=O) groups is 1. The van der Waals surface area contributed by atoms with Crippen LogP contribution in [0, 0.1) is 0 Å². The average Bonchev–Trinajstić information content (AvgIpc) is 2.12.